The molecule has 1 rings (SSSR count). The lowest BCUT2D eigenvalue weighted by Gasteiger charge is -2.09. The first-order valence-electron chi connectivity index (χ1n) is 6.62. The molecule has 0 radical (unpaired) electrons. The van der Waals surface area contributed by atoms with Gasteiger partial charge in [0.15, 0.2) is 0 Å². The SMILES string of the molecule is C=C(C)c1ccc(/C(C)=C/OCCC(C)OC)cc1. The van der Waals surface area contributed by atoms with E-state index in [1.165, 1.54) is 11.1 Å². The summed E-state index contributed by atoms with van der Waals surface area (Å²) in [6.45, 7) is 10.7. The Morgan fingerprint density at radius 3 is 2.32 bits per heavy atom. The molecule has 0 aliphatic rings. The third kappa shape index (κ3) is 5.31. The van der Waals surface area contributed by atoms with Crippen LogP contribution in [0.25, 0.3) is 11.1 Å². The highest BCUT2D eigenvalue weighted by molar-refractivity contribution is 5.67. The van der Waals surface area contributed by atoms with E-state index < -0.39 is 0 Å². The van der Waals surface area contributed by atoms with E-state index >= 15 is 0 Å². The molecule has 0 fully saturated rings. The molecule has 0 saturated heterocycles. The van der Waals surface area contributed by atoms with Crippen LogP contribution in [0.2, 0.25) is 0 Å². The number of rotatable bonds is 7. The van der Waals surface area contributed by atoms with Gasteiger partial charge in [0.25, 0.3) is 0 Å². The van der Waals surface area contributed by atoms with Crippen molar-refractivity contribution in [2.75, 3.05) is 13.7 Å². The van der Waals surface area contributed by atoms with Crippen molar-refractivity contribution >= 4 is 11.1 Å². The average Bonchev–Trinajstić information content (AvgIpc) is 2.43. The first-order chi connectivity index (χ1) is 9.04. The molecule has 0 bridgehead atoms. The molecule has 1 unspecified atom stereocenters. The van der Waals surface area contributed by atoms with Crippen LogP contribution in [0, 0.1) is 0 Å². The second-order valence-corrected chi connectivity index (χ2v) is 4.86. The summed E-state index contributed by atoms with van der Waals surface area (Å²) in [6, 6.07) is 8.36. The molecule has 0 aliphatic carbocycles. The molecule has 0 amide bonds. The summed E-state index contributed by atoms with van der Waals surface area (Å²) in [6.07, 6.45) is 2.95. The Hall–Kier alpha value is -1.54. The van der Waals surface area contributed by atoms with Crippen LogP contribution in [-0.4, -0.2) is 19.8 Å². The zero-order chi connectivity index (χ0) is 14.3. The molecule has 1 atom stereocenters. The van der Waals surface area contributed by atoms with Crippen molar-refractivity contribution in [3.63, 3.8) is 0 Å². The molecule has 0 saturated carbocycles. The lowest BCUT2D eigenvalue weighted by atomic mass is 10.0. The predicted octanol–water partition coefficient (Wildman–Crippen LogP) is 4.52. The lowest BCUT2D eigenvalue weighted by Crippen LogP contribution is -2.07. The molecule has 0 N–H and O–H groups in total. The van der Waals surface area contributed by atoms with Gasteiger partial charge in [-0.3, -0.25) is 0 Å². The predicted molar refractivity (Wildman–Crippen MR) is 81.8 cm³/mol. The van der Waals surface area contributed by atoms with Crippen molar-refractivity contribution in [3.05, 3.63) is 48.2 Å². The third-order valence-electron chi connectivity index (χ3n) is 3.14. The van der Waals surface area contributed by atoms with Gasteiger partial charge in [0, 0.05) is 13.5 Å². The lowest BCUT2D eigenvalue weighted by molar-refractivity contribution is 0.0877. The van der Waals surface area contributed by atoms with E-state index in [1.54, 1.807) is 7.11 Å². The first kappa shape index (κ1) is 15.5. The molecule has 1 aromatic carbocycles. The molecule has 2 nitrogen and oxygen atoms in total. The van der Waals surface area contributed by atoms with Crippen LogP contribution in [-0.2, 0) is 9.47 Å². The fourth-order valence-corrected chi connectivity index (χ4v) is 1.62. The largest absolute Gasteiger partial charge is 0.501 e. The minimum atomic E-state index is 0.239. The van der Waals surface area contributed by atoms with Crippen molar-refractivity contribution in [2.45, 2.75) is 33.3 Å². The van der Waals surface area contributed by atoms with Gasteiger partial charge in [-0.1, -0.05) is 36.4 Å². The maximum Gasteiger partial charge on any atom is 0.0898 e. The summed E-state index contributed by atoms with van der Waals surface area (Å²) in [5, 5.41) is 0. The number of ether oxygens (including phenoxy) is 2. The monoisotopic (exact) mass is 260 g/mol. The van der Waals surface area contributed by atoms with Crippen LogP contribution in [0.3, 0.4) is 0 Å². The fourth-order valence-electron chi connectivity index (χ4n) is 1.62. The maximum atomic E-state index is 5.54. The zero-order valence-electron chi connectivity index (χ0n) is 12.4. The number of benzene rings is 1. The van der Waals surface area contributed by atoms with E-state index in [1.807, 2.05) is 20.1 Å². The van der Waals surface area contributed by atoms with E-state index in [2.05, 4.69) is 37.8 Å². The van der Waals surface area contributed by atoms with Crippen LogP contribution in [0.1, 0.15) is 38.3 Å². The second kappa shape index (κ2) is 7.80. The average molecular weight is 260 g/mol. The van der Waals surface area contributed by atoms with Crippen LogP contribution >= 0.6 is 0 Å². The molecule has 0 aliphatic heterocycles. The van der Waals surface area contributed by atoms with Gasteiger partial charge in [-0.2, -0.15) is 0 Å². The number of hydrogen-bond acceptors (Lipinski definition) is 2. The van der Waals surface area contributed by atoms with Crippen LogP contribution < -0.4 is 0 Å². The standard InChI is InChI=1S/C17H24O2/c1-13(2)16-6-8-17(9-7-16)14(3)12-19-11-10-15(4)18-5/h6-9,12,15H,1,10-11H2,2-5H3/b14-12+. The van der Waals surface area contributed by atoms with Crippen LogP contribution in [0.5, 0.6) is 0 Å². The van der Waals surface area contributed by atoms with Gasteiger partial charge < -0.3 is 9.47 Å². The molecule has 0 spiro atoms. The molecular formula is C17H24O2. The Morgan fingerprint density at radius 2 is 1.79 bits per heavy atom. The molecule has 104 valence electrons. The summed E-state index contributed by atoms with van der Waals surface area (Å²) >= 11 is 0. The Balaban J connectivity index is 2.52. The Kier molecular flexibility index (Phi) is 6.37. The smallest absolute Gasteiger partial charge is 0.0898 e. The van der Waals surface area contributed by atoms with Gasteiger partial charge in [-0.05, 0) is 37.5 Å². The normalized spacial score (nSPS) is 13.2. The van der Waals surface area contributed by atoms with Gasteiger partial charge in [0.2, 0.25) is 0 Å². The summed E-state index contributed by atoms with van der Waals surface area (Å²) in [7, 11) is 1.72. The summed E-state index contributed by atoms with van der Waals surface area (Å²) in [4.78, 5) is 0. The molecule has 0 aromatic heterocycles. The number of methoxy groups -OCH3 is 1. The van der Waals surface area contributed by atoms with Gasteiger partial charge >= 0.3 is 0 Å². The number of hydrogen-bond donors (Lipinski definition) is 0. The highest BCUT2D eigenvalue weighted by atomic mass is 16.5. The molecule has 19 heavy (non-hydrogen) atoms. The van der Waals surface area contributed by atoms with Crippen molar-refractivity contribution in [2.24, 2.45) is 0 Å². The van der Waals surface area contributed by atoms with E-state index in [9.17, 15) is 0 Å². The second-order valence-electron chi connectivity index (χ2n) is 4.86. The minimum Gasteiger partial charge on any atom is -0.501 e. The molecule has 1 aromatic rings. The van der Waals surface area contributed by atoms with E-state index in [4.69, 9.17) is 9.47 Å². The van der Waals surface area contributed by atoms with Crippen LogP contribution in [0.15, 0.2) is 37.1 Å². The fraction of sp³-hybridized carbons (Fsp3) is 0.412. The van der Waals surface area contributed by atoms with Crippen molar-refractivity contribution < 1.29 is 9.47 Å². The highest BCUT2D eigenvalue weighted by Gasteiger charge is 2.00. The van der Waals surface area contributed by atoms with Gasteiger partial charge in [0.05, 0.1) is 19.0 Å². The number of allylic oxidation sites excluding steroid dienone is 2. The first-order valence-corrected chi connectivity index (χ1v) is 6.62. The Bertz CT molecular complexity index is 429. The van der Waals surface area contributed by atoms with Gasteiger partial charge in [0.1, 0.15) is 0 Å². The minimum absolute atomic E-state index is 0.239. The van der Waals surface area contributed by atoms with Crippen molar-refractivity contribution in [1.82, 2.24) is 0 Å². The van der Waals surface area contributed by atoms with Crippen molar-refractivity contribution in [1.29, 1.82) is 0 Å². The Morgan fingerprint density at radius 1 is 1.21 bits per heavy atom. The molecule has 2 heteroatoms. The zero-order valence-corrected chi connectivity index (χ0v) is 12.4. The van der Waals surface area contributed by atoms with Gasteiger partial charge in [-0.15, -0.1) is 0 Å². The van der Waals surface area contributed by atoms with E-state index in [0.717, 1.165) is 17.6 Å². The van der Waals surface area contributed by atoms with Crippen molar-refractivity contribution in [3.8, 4) is 0 Å². The van der Waals surface area contributed by atoms with E-state index in [-0.39, 0.29) is 6.10 Å². The quantitative estimate of drug-likeness (QED) is 0.530. The summed E-state index contributed by atoms with van der Waals surface area (Å²) in [5.74, 6) is 0. The molecular weight excluding hydrogens is 236 g/mol. The third-order valence-corrected chi connectivity index (χ3v) is 3.14. The molecule has 0 heterocycles. The topological polar surface area (TPSA) is 18.5 Å². The summed E-state index contributed by atoms with van der Waals surface area (Å²) in [5.41, 5.74) is 4.55. The summed E-state index contributed by atoms with van der Waals surface area (Å²) < 4.78 is 10.7. The van der Waals surface area contributed by atoms with E-state index in [0.29, 0.717) is 6.61 Å². The highest BCUT2D eigenvalue weighted by Crippen LogP contribution is 2.18. The Labute approximate surface area is 116 Å². The van der Waals surface area contributed by atoms with Crippen LogP contribution in [0.4, 0.5) is 0 Å². The van der Waals surface area contributed by atoms with Gasteiger partial charge in [-0.25, -0.2) is 0 Å². The maximum absolute atomic E-state index is 5.54.